The van der Waals surface area contributed by atoms with Crippen LogP contribution in [0.5, 0.6) is 0 Å². The SMILES string of the molecule is CNS(=O)(=O)c1ccc(CNCCC(C)SC)o1. The third-order valence-corrected chi connectivity index (χ3v) is 4.93. The first kappa shape index (κ1) is 15.6. The van der Waals surface area contributed by atoms with E-state index >= 15 is 0 Å². The summed E-state index contributed by atoms with van der Waals surface area (Å²) in [6.45, 7) is 3.61. The molecule has 0 spiro atoms. The molecule has 5 nitrogen and oxygen atoms in total. The summed E-state index contributed by atoms with van der Waals surface area (Å²) < 4.78 is 30.4. The third-order valence-electron chi connectivity index (χ3n) is 2.60. The molecule has 1 unspecified atom stereocenters. The maximum absolute atomic E-state index is 11.4. The van der Waals surface area contributed by atoms with Crippen LogP contribution in [0, 0.1) is 0 Å². The van der Waals surface area contributed by atoms with E-state index in [9.17, 15) is 8.42 Å². The maximum Gasteiger partial charge on any atom is 0.273 e. The molecule has 0 fully saturated rings. The fourth-order valence-electron chi connectivity index (χ4n) is 1.33. The molecule has 0 saturated carbocycles. The van der Waals surface area contributed by atoms with Gasteiger partial charge in [-0.25, -0.2) is 13.1 Å². The van der Waals surface area contributed by atoms with Crippen LogP contribution < -0.4 is 10.0 Å². The molecule has 1 atom stereocenters. The Morgan fingerprint density at radius 2 is 2.17 bits per heavy atom. The second-order valence-corrected chi connectivity index (χ2v) is 7.03. The third kappa shape index (κ3) is 4.64. The molecule has 1 heterocycles. The van der Waals surface area contributed by atoms with Crippen LogP contribution in [-0.4, -0.2) is 33.5 Å². The van der Waals surface area contributed by atoms with E-state index in [1.54, 1.807) is 6.07 Å². The minimum atomic E-state index is -3.47. The predicted octanol–water partition coefficient (Wildman–Crippen LogP) is 1.42. The van der Waals surface area contributed by atoms with E-state index in [1.165, 1.54) is 13.1 Å². The summed E-state index contributed by atoms with van der Waals surface area (Å²) in [5.74, 6) is 0.626. The van der Waals surface area contributed by atoms with Gasteiger partial charge < -0.3 is 9.73 Å². The Bertz CT molecular complexity index is 457. The van der Waals surface area contributed by atoms with Crippen LogP contribution in [0.4, 0.5) is 0 Å². The van der Waals surface area contributed by atoms with Crippen molar-refractivity contribution in [3.8, 4) is 0 Å². The number of sulfonamides is 1. The van der Waals surface area contributed by atoms with Gasteiger partial charge in [-0.1, -0.05) is 6.92 Å². The lowest BCUT2D eigenvalue weighted by Crippen LogP contribution is -2.18. The summed E-state index contributed by atoms with van der Waals surface area (Å²) in [6, 6.07) is 3.14. The molecule has 7 heteroatoms. The van der Waals surface area contributed by atoms with E-state index in [2.05, 4.69) is 23.2 Å². The summed E-state index contributed by atoms with van der Waals surface area (Å²) in [7, 11) is -2.11. The standard InChI is InChI=1S/C11H20N2O3S2/c1-9(17-3)6-7-13-8-10-4-5-11(16-10)18(14,15)12-2/h4-5,9,12-13H,6-8H2,1-3H3. The molecule has 18 heavy (non-hydrogen) atoms. The lowest BCUT2D eigenvalue weighted by molar-refractivity contribution is 0.400. The van der Waals surface area contributed by atoms with Crippen molar-refractivity contribution in [1.82, 2.24) is 10.0 Å². The minimum absolute atomic E-state index is 0.0423. The van der Waals surface area contributed by atoms with Crippen LogP contribution in [0.3, 0.4) is 0 Å². The van der Waals surface area contributed by atoms with Crippen LogP contribution in [0.25, 0.3) is 0 Å². The van der Waals surface area contributed by atoms with Crippen LogP contribution >= 0.6 is 11.8 Å². The van der Waals surface area contributed by atoms with Gasteiger partial charge in [-0.15, -0.1) is 0 Å². The second-order valence-electron chi connectivity index (χ2n) is 3.94. The van der Waals surface area contributed by atoms with E-state index in [1.807, 2.05) is 11.8 Å². The van der Waals surface area contributed by atoms with Gasteiger partial charge in [0.2, 0.25) is 5.09 Å². The van der Waals surface area contributed by atoms with Gasteiger partial charge >= 0.3 is 0 Å². The van der Waals surface area contributed by atoms with E-state index in [0.29, 0.717) is 17.6 Å². The fraction of sp³-hybridized carbons (Fsp3) is 0.636. The molecular weight excluding hydrogens is 272 g/mol. The highest BCUT2D eigenvalue weighted by Gasteiger charge is 2.15. The topological polar surface area (TPSA) is 71.3 Å². The van der Waals surface area contributed by atoms with E-state index < -0.39 is 10.0 Å². The predicted molar refractivity (Wildman–Crippen MR) is 74.3 cm³/mol. The van der Waals surface area contributed by atoms with E-state index in [-0.39, 0.29) is 5.09 Å². The van der Waals surface area contributed by atoms with Crippen LogP contribution in [0.2, 0.25) is 0 Å². The molecule has 0 saturated heterocycles. The Hall–Kier alpha value is -0.500. The molecule has 0 radical (unpaired) electrons. The Kier molecular flexibility index (Phi) is 6.20. The molecule has 0 aliphatic rings. The van der Waals surface area contributed by atoms with Gasteiger partial charge in [0.1, 0.15) is 5.76 Å². The average Bonchev–Trinajstić information content (AvgIpc) is 2.83. The van der Waals surface area contributed by atoms with Gasteiger partial charge in [0, 0.05) is 5.25 Å². The molecule has 1 aromatic rings. The van der Waals surface area contributed by atoms with Crippen LogP contribution in [-0.2, 0) is 16.6 Å². The molecule has 0 aliphatic heterocycles. The van der Waals surface area contributed by atoms with Crippen molar-refractivity contribution in [1.29, 1.82) is 0 Å². The van der Waals surface area contributed by atoms with Gasteiger partial charge in [0.25, 0.3) is 10.0 Å². The summed E-state index contributed by atoms with van der Waals surface area (Å²) in [5, 5.41) is 3.80. The molecule has 2 N–H and O–H groups in total. The zero-order valence-electron chi connectivity index (χ0n) is 10.9. The molecule has 0 aliphatic carbocycles. The average molecular weight is 292 g/mol. The first-order chi connectivity index (χ1) is 8.49. The van der Waals surface area contributed by atoms with Crippen molar-refractivity contribution in [2.45, 2.75) is 30.2 Å². The summed E-state index contributed by atoms with van der Waals surface area (Å²) in [6.07, 6.45) is 3.16. The minimum Gasteiger partial charge on any atom is -0.447 e. The van der Waals surface area contributed by atoms with Crippen molar-refractivity contribution in [3.05, 3.63) is 17.9 Å². The maximum atomic E-state index is 11.4. The highest BCUT2D eigenvalue weighted by molar-refractivity contribution is 7.99. The summed E-state index contributed by atoms with van der Waals surface area (Å²) in [4.78, 5) is 0. The Balaban J connectivity index is 2.41. The van der Waals surface area contributed by atoms with Crippen molar-refractivity contribution in [2.75, 3.05) is 19.8 Å². The van der Waals surface area contributed by atoms with Gasteiger partial charge in [0.15, 0.2) is 0 Å². The van der Waals surface area contributed by atoms with Crippen molar-refractivity contribution in [2.24, 2.45) is 0 Å². The largest absolute Gasteiger partial charge is 0.447 e. The van der Waals surface area contributed by atoms with Gasteiger partial charge in [-0.05, 0) is 38.4 Å². The number of hydrogen-bond donors (Lipinski definition) is 2. The Morgan fingerprint density at radius 3 is 2.78 bits per heavy atom. The normalized spacial score (nSPS) is 13.7. The van der Waals surface area contributed by atoms with E-state index in [4.69, 9.17) is 4.42 Å². The molecule has 104 valence electrons. The Labute approximate surface area is 113 Å². The van der Waals surface area contributed by atoms with Gasteiger partial charge in [0.05, 0.1) is 6.54 Å². The highest BCUT2D eigenvalue weighted by atomic mass is 32.2. The Morgan fingerprint density at radius 1 is 1.44 bits per heavy atom. The molecule has 0 amide bonds. The van der Waals surface area contributed by atoms with Crippen molar-refractivity contribution < 1.29 is 12.8 Å². The van der Waals surface area contributed by atoms with Crippen molar-refractivity contribution in [3.63, 3.8) is 0 Å². The first-order valence-electron chi connectivity index (χ1n) is 5.75. The van der Waals surface area contributed by atoms with Crippen LogP contribution in [0.15, 0.2) is 21.6 Å². The molecule has 1 rings (SSSR count). The molecule has 0 bridgehead atoms. The summed E-state index contributed by atoms with van der Waals surface area (Å²) in [5.41, 5.74) is 0. The van der Waals surface area contributed by atoms with Crippen LogP contribution in [0.1, 0.15) is 19.1 Å². The number of thioether (sulfide) groups is 1. The molecule has 1 aromatic heterocycles. The summed E-state index contributed by atoms with van der Waals surface area (Å²) >= 11 is 1.83. The van der Waals surface area contributed by atoms with E-state index in [0.717, 1.165) is 13.0 Å². The molecular formula is C11H20N2O3S2. The number of hydrogen-bond acceptors (Lipinski definition) is 5. The highest BCUT2D eigenvalue weighted by Crippen LogP contribution is 2.13. The number of nitrogens with one attached hydrogen (secondary N) is 2. The van der Waals surface area contributed by atoms with Crippen molar-refractivity contribution >= 4 is 21.8 Å². The smallest absolute Gasteiger partial charge is 0.273 e. The lowest BCUT2D eigenvalue weighted by atomic mass is 10.3. The monoisotopic (exact) mass is 292 g/mol. The number of rotatable bonds is 8. The zero-order chi connectivity index (χ0) is 13.6. The molecule has 0 aromatic carbocycles. The first-order valence-corrected chi connectivity index (χ1v) is 8.52. The second kappa shape index (κ2) is 7.18. The van der Waals surface area contributed by atoms with Gasteiger partial charge in [-0.3, -0.25) is 0 Å². The number of furan rings is 1. The zero-order valence-corrected chi connectivity index (χ0v) is 12.5. The quantitative estimate of drug-likeness (QED) is 0.709. The fourth-order valence-corrected chi connectivity index (χ4v) is 2.35. The van der Waals surface area contributed by atoms with Gasteiger partial charge in [-0.2, -0.15) is 11.8 Å². The lowest BCUT2D eigenvalue weighted by Gasteiger charge is -2.07.